The van der Waals surface area contributed by atoms with Crippen LogP contribution in [-0.4, -0.2) is 4.98 Å². The summed E-state index contributed by atoms with van der Waals surface area (Å²) in [5, 5.41) is 3.98. The van der Waals surface area contributed by atoms with Gasteiger partial charge in [0.2, 0.25) is 0 Å². The molecule has 0 amide bonds. The van der Waals surface area contributed by atoms with E-state index >= 15 is 0 Å². The molecule has 1 aromatic carbocycles. The molecule has 0 aliphatic heterocycles. The molecule has 0 atom stereocenters. The van der Waals surface area contributed by atoms with Gasteiger partial charge in [-0.25, -0.2) is 4.98 Å². The predicted octanol–water partition coefficient (Wildman–Crippen LogP) is 6.07. The van der Waals surface area contributed by atoms with Gasteiger partial charge in [0.05, 0.1) is 16.6 Å². The van der Waals surface area contributed by atoms with Crippen LogP contribution >= 0.6 is 46.1 Å². The second-order valence-electron chi connectivity index (χ2n) is 5.67. The van der Waals surface area contributed by atoms with Crippen LogP contribution in [0, 0.1) is 0 Å². The Morgan fingerprint density at radius 2 is 1.95 bits per heavy atom. The van der Waals surface area contributed by atoms with Gasteiger partial charge in [-0.2, -0.15) is 0 Å². The number of benzene rings is 1. The van der Waals surface area contributed by atoms with Gasteiger partial charge in [-0.1, -0.05) is 44.0 Å². The number of aromatic nitrogens is 1. The van der Waals surface area contributed by atoms with Crippen molar-refractivity contribution < 1.29 is 4.74 Å². The molecule has 0 N–H and O–H groups in total. The van der Waals surface area contributed by atoms with Crippen LogP contribution in [0.1, 0.15) is 37.0 Å². The third-order valence-electron chi connectivity index (χ3n) is 2.89. The average Bonchev–Trinajstić information content (AvgIpc) is 2.85. The molecule has 21 heavy (non-hydrogen) atoms. The molecule has 0 spiro atoms. The molecular formula is C15H16Cl3NOS. The van der Waals surface area contributed by atoms with Gasteiger partial charge in [-0.15, -0.1) is 22.9 Å². The second-order valence-corrected chi connectivity index (χ2v) is 7.73. The quantitative estimate of drug-likeness (QED) is 0.615. The lowest BCUT2D eigenvalue weighted by molar-refractivity contribution is 0.302. The summed E-state index contributed by atoms with van der Waals surface area (Å²) < 4.78 is 5.80. The van der Waals surface area contributed by atoms with Crippen LogP contribution in [0.15, 0.2) is 17.5 Å². The molecule has 1 heterocycles. The zero-order valence-electron chi connectivity index (χ0n) is 12.0. The zero-order valence-corrected chi connectivity index (χ0v) is 15.1. The van der Waals surface area contributed by atoms with Crippen molar-refractivity contribution >= 4 is 46.1 Å². The fraction of sp³-hybridized carbons (Fsp3) is 0.400. The van der Waals surface area contributed by atoms with Crippen molar-refractivity contribution in [1.82, 2.24) is 4.98 Å². The van der Waals surface area contributed by atoms with Crippen molar-refractivity contribution in [2.75, 3.05) is 0 Å². The number of rotatable bonds is 4. The number of halogens is 3. The fourth-order valence-electron chi connectivity index (χ4n) is 1.73. The Balaban J connectivity index is 2.15. The van der Waals surface area contributed by atoms with Gasteiger partial charge in [0.1, 0.15) is 17.4 Å². The van der Waals surface area contributed by atoms with Crippen LogP contribution in [-0.2, 0) is 17.9 Å². The monoisotopic (exact) mass is 363 g/mol. The highest BCUT2D eigenvalue weighted by Gasteiger charge is 2.18. The number of hydrogen-bond acceptors (Lipinski definition) is 3. The highest BCUT2D eigenvalue weighted by atomic mass is 35.5. The van der Waals surface area contributed by atoms with Gasteiger partial charge in [0, 0.05) is 21.4 Å². The highest BCUT2D eigenvalue weighted by Crippen LogP contribution is 2.34. The summed E-state index contributed by atoms with van der Waals surface area (Å²) in [4.78, 5) is 4.59. The van der Waals surface area contributed by atoms with Gasteiger partial charge < -0.3 is 4.74 Å². The van der Waals surface area contributed by atoms with Crippen molar-refractivity contribution in [1.29, 1.82) is 0 Å². The molecule has 0 saturated carbocycles. The smallest absolute Gasteiger partial charge is 0.143 e. The second kappa shape index (κ2) is 6.74. The maximum atomic E-state index is 6.17. The highest BCUT2D eigenvalue weighted by molar-refractivity contribution is 7.09. The summed E-state index contributed by atoms with van der Waals surface area (Å²) in [5.41, 5.74) is 1.88. The van der Waals surface area contributed by atoms with E-state index in [1.165, 1.54) is 0 Å². The van der Waals surface area contributed by atoms with Crippen LogP contribution in [0.25, 0.3) is 0 Å². The van der Waals surface area contributed by atoms with Crippen molar-refractivity contribution in [2.24, 2.45) is 0 Å². The Hall–Kier alpha value is -0.480. The van der Waals surface area contributed by atoms with Crippen molar-refractivity contribution in [2.45, 2.75) is 38.7 Å². The topological polar surface area (TPSA) is 22.1 Å². The van der Waals surface area contributed by atoms with E-state index in [1.807, 2.05) is 0 Å². The molecular weight excluding hydrogens is 349 g/mol. The van der Waals surface area contributed by atoms with Crippen molar-refractivity contribution in [3.05, 3.63) is 43.8 Å². The molecule has 0 bridgehead atoms. The minimum absolute atomic E-state index is 0.0357. The largest absolute Gasteiger partial charge is 0.485 e. The van der Waals surface area contributed by atoms with E-state index in [0.29, 0.717) is 28.3 Å². The summed E-state index contributed by atoms with van der Waals surface area (Å²) in [6.45, 7) is 6.77. The van der Waals surface area contributed by atoms with E-state index in [4.69, 9.17) is 39.5 Å². The minimum Gasteiger partial charge on any atom is -0.485 e. The van der Waals surface area contributed by atoms with Crippen LogP contribution in [0.3, 0.4) is 0 Å². The zero-order chi connectivity index (χ0) is 15.6. The first-order chi connectivity index (χ1) is 9.81. The van der Waals surface area contributed by atoms with E-state index in [2.05, 4.69) is 31.1 Å². The average molecular weight is 365 g/mol. The van der Waals surface area contributed by atoms with Crippen LogP contribution < -0.4 is 4.74 Å². The van der Waals surface area contributed by atoms with E-state index in [0.717, 1.165) is 16.3 Å². The molecule has 6 heteroatoms. The summed E-state index contributed by atoms with van der Waals surface area (Å²) in [7, 11) is 0. The number of nitrogens with zero attached hydrogens (tertiary/aromatic N) is 1. The Morgan fingerprint density at radius 3 is 2.52 bits per heavy atom. The van der Waals surface area contributed by atoms with Crippen LogP contribution in [0.5, 0.6) is 5.75 Å². The van der Waals surface area contributed by atoms with E-state index in [-0.39, 0.29) is 5.41 Å². The standard InChI is InChI=1S/C15H16Cl3NOS/c1-15(2,3)12-8-21-13(19-12)7-20-14-9(6-16)4-10(17)5-11(14)18/h4-5,8H,6-7H2,1-3H3. The van der Waals surface area contributed by atoms with Crippen molar-refractivity contribution in [3.63, 3.8) is 0 Å². The van der Waals surface area contributed by atoms with Crippen molar-refractivity contribution in [3.8, 4) is 5.75 Å². The van der Waals surface area contributed by atoms with Gasteiger partial charge in [-0.3, -0.25) is 0 Å². The fourth-order valence-corrected chi connectivity index (χ4v) is 3.45. The third kappa shape index (κ3) is 4.26. The molecule has 0 saturated heterocycles. The number of hydrogen-bond donors (Lipinski definition) is 0. The van der Waals surface area contributed by atoms with Gasteiger partial charge in [-0.05, 0) is 12.1 Å². The predicted molar refractivity (Wildman–Crippen MR) is 91.2 cm³/mol. The van der Waals surface area contributed by atoms with E-state index in [1.54, 1.807) is 23.5 Å². The SMILES string of the molecule is CC(C)(C)c1csc(COc2c(Cl)cc(Cl)cc2CCl)n1. The molecule has 2 rings (SSSR count). The third-order valence-corrected chi connectivity index (χ3v) is 4.50. The molecule has 2 aromatic rings. The Bertz CT molecular complexity index is 634. The Morgan fingerprint density at radius 1 is 1.24 bits per heavy atom. The first kappa shape index (κ1) is 16.9. The Labute approximate surface area is 144 Å². The molecule has 1 aromatic heterocycles. The maximum Gasteiger partial charge on any atom is 0.143 e. The molecule has 0 aliphatic carbocycles. The number of thiazole rings is 1. The molecule has 0 unspecified atom stereocenters. The Kier molecular flexibility index (Phi) is 5.42. The maximum absolute atomic E-state index is 6.17. The number of alkyl halides is 1. The lowest BCUT2D eigenvalue weighted by Crippen LogP contribution is -2.11. The first-order valence-electron chi connectivity index (χ1n) is 6.43. The summed E-state index contributed by atoms with van der Waals surface area (Å²) in [5.74, 6) is 0.865. The summed E-state index contributed by atoms with van der Waals surface area (Å²) in [6, 6.07) is 3.41. The van der Waals surface area contributed by atoms with Crippen LogP contribution in [0.2, 0.25) is 10.0 Å². The molecule has 2 nitrogen and oxygen atoms in total. The molecule has 114 valence electrons. The molecule has 0 radical (unpaired) electrons. The normalized spacial score (nSPS) is 11.7. The first-order valence-corrected chi connectivity index (χ1v) is 8.60. The van der Waals surface area contributed by atoms with E-state index < -0.39 is 0 Å². The lowest BCUT2D eigenvalue weighted by Gasteiger charge is -2.14. The minimum atomic E-state index is 0.0357. The molecule has 0 fully saturated rings. The van der Waals surface area contributed by atoms with Gasteiger partial charge in [0.25, 0.3) is 0 Å². The summed E-state index contributed by atoms with van der Waals surface area (Å²) in [6.07, 6.45) is 0. The van der Waals surface area contributed by atoms with Gasteiger partial charge in [0.15, 0.2) is 0 Å². The van der Waals surface area contributed by atoms with E-state index in [9.17, 15) is 0 Å². The lowest BCUT2D eigenvalue weighted by atomic mass is 9.93. The van der Waals surface area contributed by atoms with Gasteiger partial charge >= 0.3 is 0 Å². The molecule has 0 aliphatic rings. The summed E-state index contributed by atoms with van der Waals surface area (Å²) >= 11 is 19.6. The number of ether oxygens (including phenoxy) is 1. The van der Waals surface area contributed by atoms with Crippen LogP contribution in [0.4, 0.5) is 0 Å².